The number of aliphatic hydroxyl groups excluding tert-OH is 1. The van der Waals surface area contributed by atoms with Gasteiger partial charge in [-0.15, -0.1) is 0 Å². The van der Waals surface area contributed by atoms with Crippen LogP contribution in [0.15, 0.2) is 24.3 Å². The van der Waals surface area contributed by atoms with E-state index in [2.05, 4.69) is 24.3 Å². The molecule has 0 spiro atoms. The first-order valence-electron chi connectivity index (χ1n) is 4.92. The van der Waals surface area contributed by atoms with Gasteiger partial charge in [0.05, 0.1) is 0 Å². The van der Waals surface area contributed by atoms with Gasteiger partial charge in [0.15, 0.2) is 15.3 Å². The van der Waals surface area contributed by atoms with E-state index in [9.17, 15) is 8.42 Å². The predicted octanol–water partition coefficient (Wildman–Crippen LogP) is 1.82. The van der Waals surface area contributed by atoms with Crippen LogP contribution in [-0.2, 0) is 9.84 Å². The summed E-state index contributed by atoms with van der Waals surface area (Å²) in [5.41, 5.74) is 1.69. The largest absolute Gasteiger partial charge is 0.377 e. The van der Waals surface area contributed by atoms with E-state index in [1.54, 1.807) is 0 Å². The summed E-state index contributed by atoms with van der Waals surface area (Å²) in [4.78, 5) is 0. The second-order valence-electron chi connectivity index (χ2n) is 3.65. The van der Waals surface area contributed by atoms with Gasteiger partial charge in [-0.25, -0.2) is 8.42 Å². The number of sulfone groups is 1. The maximum atomic E-state index is 10.5. The summed E-state index contributed by atoms with van der Waals surface area (Å²) in [6, 6.07) is 8.48. The molecule has 2 rings (SSSR count). The van der Waals surface area contributed by atoms with Crippen LogP contribution in [0.3, 0.4) is 0 Å². The molecule has 4 heteroatoms. The van der Waals surface area contributed by atoms with Crippen molar-refractivity contribution in [2.45, 2.75) is 25.2 Å². The van der Waals surface area contributed by atoms with Gasteiger partial charge in [-0.2, -0.15) is 0 Å². The molecule has 1 unspecified atom stereocenters. The molecular weight excluding hydrogens is 212 g/mol. The summed E-state index contributed by atoms with van der Waals surface area (Å²) in [6.07, 6.45) is 2.06. The second kappa shape index (κ2) is 4.77. The normalized spacial score (nSPS) is 13.8. The number of aliphatic hydroxyl groups is 1. The molecule has 0 bridgehead atoms. The fourth-order valence-corrected chi connectivity index (χ4v) is 1.79. The van der Waals surface area contributed by atoms with Gasteiger partial charge in [0.2, 0.25) is 0 Å². The van der Waals surface area contributed by atoms with Crippen molar-refractivity contribution in [2.75, 3.05) is 6.26 Å². The number of benzene rings is 1. The first-order chi connectivity index (χ1) is 6.95. The van der Waals surface area contributed by atoms with Crippen LogP contribution in [0.2, 0.25) is 0 Å². The molecule has 1 N–H and O–H groups in total. The van der Waals surface area contributed by atoms with Crippen molar-refractivity contribution in [3.63, 3.8) is 0 Å². The van der Waals surface area contributed by atoms with Crippen molar-refractivity contribution in [3.8, 4) is 11.1 Å². The molecule has 0 saturated heterocycles. The number of fused-ring (bicyclic) bond motifs is 1. The summed E-state index contributed by atoms with van der Waals surface area (Å²) < 4.78 is 20.9. The highest BCUT2D eigenvalue weighted by molar-refractivity contribution is 7.91. The standard InChI is InChI=1S/C6H4.C5H12O3S/c1-2-6-4-3-5(1)6;1-3-4-5(6)9(2,7)8/h1-4H;5-6H,3-4H2,1-2H3. The van der Waals surface area contributed by atoms with Gasteiger partial charge >= 0.3 is 0 Å². The molecule has 2 aliphatic carbocycles. The molecule has 0 aromatic heterocycles. The average Bonchev–Trinajstić information content (AvgIpc) is 2.11. The minimum atomic E-state index is -3.21. The molecule has 0 aromatic carbocycles. The first-order valence-corrected chi connectivity index (χ1v) is 6.88. The molecule has 0 radical (unpaired) electrons. The molecule has 0 saturated carbocycles. The van der Waals surface area contributed by atoms with Gasteiger partial charge in [-0.05, 0) is 17.5 Å². The van der Waals surface area contributed by atoms with Crippen molar-refractivity contribution >= 4 is 9.84 Å². The van der Waals surface area contributed by atoms with Crippen molar-refractivity contribution < 1.29 is 13.5 Å². The Morgan fingerprint density at radius 2 is 1.60 bits per heavy atom. The zero-order chi connectivity index (χ0) is 11.5. The van der Waals surface area contributed by atoms with E-state index < -0.39 is 15.3 Å². The fourth-order valence-electron chi connectivity index (χ4n) is 1.12. The van der Waals surface area contributed by atoms with Crippen LogP contribution in [0.4, 0.5) is 0 Å². The molecule has 0 fully saturated rings. The first kappa shape index (κ1) is 12.2. The highest BCUT2D eigenvalue weighted by Gasteiger charge is 2.14. The van der Waals surface area contributed by atoms with Gasteiger partial charge in [0.1, 0.15) is 0 Å². The molecule has 0 aromatic rings. The zero-order valence-electron chi connectivity index (χ0n) is 8.97. The minimum Gasteiger partial charge on any atom is -0.377 e. The predicted molar refractivity (Wildman–Crippen MR) is 61.2 cm³/mol. The Labute approximate surface area is 90.7 Å². The lowest BCUT2D eigenvalue weighted by atomic mass is 9.95. The summed E-state index contributed by atoms with van der Waals surface area (Å²) in [6.45, 7) is 1.83. The van der Waals surface area contributed by atoms with E-state index in [4.69, 9.17) is 5.11 Å². The summed E-state index contributed by atoms with van der Waals surface area (Å²) in [5.74, 6) is 0. The SMILES string of the molecule is CCCC(O)S(C)(=O)=O.c1cc2ccc1-2. The molecule has 1 atom stereocenters. The van der Waals surface area contributed by atoms with Crippen molar-refractivity contribution in [1.29, 1.82) is 0 Å². The quantitative estimate of drug-likeness (QED) is 0.871. The van der Waals surface area contributed by atoms with Crippen molar-refractivity contribution in [3.05, 3.63) is 24.3 Å². The molecule has 0 amide bonds. The van der Waals surface area contributed by atoms with Crippen LogP contribution in [0.5, 0.6) is 0 Å². The average molecular weight is 228 g/mol. The third-order valence-electron chi connectivity index (χ3n) is 2.25. The lowest BCUT2D eigenvalue weighted by molar-refractivity contribution is 0.238. The van der Waals surface area contributed by atoms with Gasteiger partial charge in [0.25, 0.3) is 0 Å². The smallest absolute Gasteiger partial charge is 0.173 e. The van der Waals surface area contributed by atoms with Gasteiger partial charge in [-0.1, -0.05) is 37.6 Å². The summed E-state index contributed by atoms with van der Waals surface area (Å²) in [5, 5.41) is 8.80. The third kappa shape index (κ3) is 3.32. The maximum absolute atomic E-state index is 10.5. The van der Waals surface area contributed by atoms with Gasteiger partial charge in [-0.3, -0.25) is 0 Å². The maximum Gasteiger partial charge on any atom is 0.173 e. The fraction of sp³-hybridized carbons (Fsp3) is 0.455. The zero-order valence-corrected chi connectivity index (χ0v) is 9.79. The molecule has 15 heavy (non-hydrogen) atoms. The van der Waals surface area contributed by atoms with E-state index in [0.29, 0.717) is 12.8 Å². The third-order valence-corrected chi connectivity index (χ3v) is 3.47. The van der Waals surface area contributed by atoms with E-state index >= 15 is 0 Å². The molecule has 0 heterocycles. The Balaban J connectivity index is 0.000000158. The van der Waals surface area contributed by atoms with Crippen LogP contribution in [-0.4, -0.2) is 25.2 Å². The lowest BCUT2D eigenvalue weighted by Gasteiger charge is -2.10. The topological polar surface area (TPSA) is 54.4 Å². The molecule has 2 aliphatic rings. The summed E-state index contributed by atoms with van der Waals surface area (Å²) in [7, 11) is -3.21. The summed E-state index contributed by atoms with van der Waals surface area (Å²) >= 11 is 0. The van der Waals surface area contributed by atoms with Crippen LogP contribution in [0.25, 0.3) is 11.1 Å². The monoisotopic (exact) mass is 228 g/mol. The van der Waals surface area contributed by atoms with Crippen LogP contribution in [0.1, 0.15) is 19.8 Å². The van der Waals surface area contributed by atoms with Gasteiger partial charge < -0.3 is 5.11 Å². The van der Waals surface area contributed by atoms with Crippen molar-refractivity contribution in [1.82, 2.24) is 0 Å². The van der Waals surface area contributed by atoms with Crippen molar-refractivity contribution in [2.24, 2.45) is 0 Å². The minimum absolute atomic E-state index is 0.332. The Bertz CT molecular complexity index is 385. The van der Waals surface area contributed by atoms with Crippen LogP contribution >= 0.6 is 0 Å². The number of hydrogen-bond donors (Lipinski definition) is 1. The van der Waals surface area contributed by atoms with E-state index in [1.165, 1.54) is 11.1 Å². The molecule has 3 nitrogen and oxygen atoms in total. The Hall–Kier alpha value is -0.870. The number of rotatable bonds is 3. The highest BCUT2D eigenvalue weighted by atomic mass is 32.2. The van der Waals surface area contributed by atoms with Crippen LogP contribution < -0.4 is 0 Å². The molecule has 84 valence electrons. The van der Waals surface area contributed by atoms with Crippen LogP contribution in [0, 0.1) is 0 Å². The Kier molecular flexibility index (Phi) is 3.88. The van der Waals surface area contributed by atoms with Gasteiger partial charge in [0, 0.05) is 6.26 Å². The molecule has 0 aliphatic heterocycles. The molecular formula is C11H16O3S. The van der Waals surface area contributed by atoms with E-state index in [0.717, 1.165) is 6.26 Å². The Morgan fingerprint density at radius 3 is 1.67 bits per heavy atom. The lowest BCUT2D eigenvalue weighted by Crippen LogP contribution is -2.18. The van der Waals surface area contributed by atoms with E-state index in [-0.39, 0.29) is 0 Å². The number of hydrogen-bond acceptors (Lipinski definition) is 3. The second-order valence-corrected chi connectivity index (χ2v) is 5.85. The van der Waals surface area contributed by atoms with E-state index in [1.807, 2.05) is 6.92 Å². The Morgan fingerprint density at radius 1 is 1.20 bits per heavy atom. The highest BCUT2D eigenvalue weighted by Crippen LogP contribution is 2.29.